The van der Waals surface area contributed by atoms with Crippen LogP contribution >= 0.6 is 11.8 Å². The molecule has 11 heteroatoms. The summed E-state index contributed by atoms with van der Waals surface area (Å²) in [6, 6.07) is -0.936. The van der Waals surface area contributed by atoms with Crippen LogP contribution in [0.25, 0.3) is 0 Å². The minimum absolute atomic E-state index is 0.226. The van der Waals surface area contributed by atoms with Gasteiger partial charge in [0.2, 0.25) is 5.88 Å². The predicted octanol–water partition coefficient (Wildman–Crippen LogP) is -2.62. The fourth-order valence-corrected chi connectivity index (χ4v) is 3.32. The summed E-state index contributed by atoms with van der Waals surface area (Å²) in [5.74, 6) is -0.558. The molecular formula is C14H21N3O7S. The van der Waals surface area contributed by atoms with Crippen molar-refractivity contribution in [1.29, 1.82) is 0 Å². The van der Waals surface area contributed by atoms with Gasteiger partial charge in [-0.3, -0.25) is 18.9 Å². The molecule has 0 saturated carbocycles. The summed E-state index contributed by atoms with van der Waals surface area (Å²) in [5, 5.41) is 39.4. The number of aromatic nitrogens is 2. The van der Waals surface area contributed by atoms with E-state index in [2.05, 4.69) is 4.99 Å². The van der Waals surface area contributed by atoms with Crippen LogP contribution in [0.2, 0.25) is 0 Å². The van der Waals surface area contributed by atoms with E-state index in [1.807, 2.05) is 0 Å². The molecular weight excluding hydrogens is 354 g/mol. The lowest BCUT2D eigenvalue weighted by molar-refractivity contribution is -0.165. The second-order valence-electron chi connectivity index (χ2n) is 5.65. The lowest BCUT2D eigenvalue weighted by Crippen LogP contribution is -2.56. The second kappa shape index (κ2) is 7.70. The van der Waals surface area contributed by atoms with Gasteiger partial charge in [-0.05, 0) is 6.26 Å². The van der Waals surface area contributed by atoms with Crippen LogP contribution in [-0.2, 0) is 18.8 Å². The predicted molar refractivity (Wildman–Crippen MR) is 91.2 cm³/mol. The van der Waals surface area contributed by atoms with Gasteiger partial charge in [0.25, 0.3) is 5.56 Å². The fraction of sp³-hybridized carbons (Fsp3) is 0.643. The van der Waals surface area contributed by atoms with Gasteiger partial charge < -0.3 is 25.2 Å². The molecule has 1 aromatic heterocycles. The van der Waals surface area contributed by atoms with E-state index in [0.717, 1.165) is 15.3 Å². The number of aliphatic imine (C=N–C) groups is 1. The molecule has 25 heavy (non-hydrogen) atoms. The minimum atomic E-state index is -1.35. The van der Waals surface area contributed by atoms with Crippen molar-refractivity contribution in [2.45, 2.75) is 29.8 Å². The van der Waals surface area contributed by atoms with E-state index in [9.17, 15) is 30.0 Å². The second-order valence-corrected chi connectivity index (χ2v) is 6.59. The molecule has 140 valence electrons. The van der Waals surface area contributed by atoms with Crippen molar-refractivity contribution in [3.63, 3.8) is 0 Å². The van der Waals surface area contributed by atoms with Crippen LogP contribution in [0.3, 0.4) is 0 Å². The molecule has 1 aliphatic rings. The molecule has 0 aromatic carbocycles. The van der Waals surface area contributed by atoms with Crippen molar-refractivity contribution in [2.24, 2.45) is 19.1 Å². The zero-order valence-electron chi connectivity index (χ0n) is 13.9. The number of hydrogen-bond donors (Lipinski definition) is 4. The monoisotopic (exact) mass is 375 g/mol. The van der Waals surface area contributed by atoms with Crippen LogP contribution < -0.4 is 11.2 Å². The van der Waals surface area contributed by atoms with Crippen molar-refractivity contribution in [3.05, 3.63) is 26.4 Å². The molecule has 1 aliphatic heterocycles. The average Bonchev–Trinajstić information content (AvgIpc) is 2.61. The zero-order valence-corrected chi connectivity index (χ0v) is 14.8. The average molecular weight is 375 g/mol. The van der Waals surface area contributed by atoms with Crippen LogP contribution in [0.1, 0.15) is 5.56 Å². The Bertz CT molecular complexity index is 773. The molecule has 1 fully saturated rings. The minimum Gasteiger partial charge on any atom is -0.494 e. The Morgan fingerprint density at radius 2 is 1.88 bits per heavy atom. The Hall–Kier alpha value is -1.66. The molecule has 0 aliphatic carbocycles. The summed E-state index contributed by atoms with van der Waals surface area (Å²) < 4.78 is 7.19. The Morgan fingerprint density at radius 1 is 1.24 bits per heavy atom. The molecule has 1 aromatic rings. The van der Waals surface area contributed by atoms with Gasteiger partial charge in [-0.1, -0.05) is 0 Å². The number of aliphatic hydroxyl groups excluding tert-OH is 3. The lowest BCUT2D eigenvalue weighted by atomic mass is 9.98. The number of aromatic hydroxyl groups is 1. The van der Waals surface area contributed by atoms with Gasteiger partial charge in [0.05, 0.1) is 6.61 Å². The first kappa shape index (κ1) is 19.7. The first-order chi connectivity index (χ1) is 11.7. The smallest absolute Gasteiger partial charge is 0.333 e. The van der Waals surface area contributed by atoms with E-state index >= 15 is 0 Å². The quantitative estimate of drug-likeness (QED) is 0.418. The topological polar surface area (TPSA) is 147 Å². The molecule has 0 unspecified atom stereocenters. The summed E-state index contributed by atoms with van der Waals surface area (Å²) in [4.78, 5) is 28.0. The number of aliphatic hydroxyl groups is 3. The molecule has 5 atom stereocenters. The SMILES string of the molecule is CS[C@@H]1O[C@H](CO)[C@@H](O)[C@H](O)[C@@H]1N=Cc1c(O)n(C)c(=O)n(C)c1=O. The maximum atomic E-state index is 12.1. The van der Waals surface area contributed by atoms with Crippen molar-refractivity contribution >= 4 is 18.0 Å². The molecule has 4 N–H and O–H groups in total. The van der Waals surface area contributed by atoms with E-state index in [0.29, 0.717) is 0 Å². The number of thioether (sulfide) groups is 1. The van der Waals surface area contributed by atoms with Crippen molar-refractivity contribution < 1.29 is 25.2 Å². The fourth-order valence-electron chi connectivity index (χ4n) is 2.55. The Kier molecular flexibility index (Phi) is 6.06. The maximum absolute atomic E-state index is 12.1. The van der Waals surface area contributed by atoms with Gasteiger partial charge in [0, 0.05) is 20.3 Å². The normalized spacial score (nSPS) is 30.1. The molecule has 1 saturated heterocycles. The Balaban J connectivity index is 2.41. The Labute approximate surface area is 147 Å². The largest absolute Gasteiger partial charge is 0.494 e. The standard InChI is InChI=1S/C14H21N3O7S/c1-16-11(21)6(12(22)17(2)14(16)23)4-15-8-10(20)9(19)7(5-18)24-13(8)25-3/h4,7-10,13,18-21H,5H2,1-3H3/t7-,8+,9-,10-,13+/m1/s1. The summed E-state index contributed by atoms with van der Waals surface area (Å²) in [6.45, 7) is -0.464. The number of nitrogens with zero attached hydrogens (tertiary/aromatic N) is 3. The molecule has 0 amide bonds. The van der Waals surface area contributed by atoms with E-state index in [4.69, 9.17) is 4.74 Å². The summed E-state index contributed by atoms with van der Waals surface area (Å²) in [7, 11) is 2.56. The van der Waals surface area contributed by atoms with Gasteiger partial charge in [-0.15, -0.1) is 11.8 Å². The van der Waals surface area contributed by atoms with E-state index < -0.39 is 53.5 Å². The lowest BCUT2D eigenvalue weighted by Gasteiger charge is -2.39. The summed E-state index contributed by atoms with van der Waals surface area (Å²) >= 11 is 1.21. The van der Waals surface area contributed by atoms with Gasteiger partial charge in [-0.2, -0.15) is 0 Å². The molecule has 2 heterocycles. The molecule has 10 nitrogen and oxygen atoms in total. The molecule has 0 bridgehead atoms. The molecule has 0 radical (unpaired) electrons. The number of hydrogen-bond acceptors (Lipinski definition) is 9. The van der Waals surface area contributed by atoms with Gasteiger partial charge in [0.1, 0.15) is 35.4 Å². The van der Waals surface area contributed by atoms with E-state index in [-0.39, 0.29) is 5.56 Å². The van der Waals surface area contributed by atoms with E-state index in [1.54, 1.807) is 6.26 Å². The third kappa shape index (κ3) is 3.51. The van der Waals surface area contributed by atoms with Gasteiger partial charge in [0.15, 0.2) is 0 Å². The highest BCUT2D eigenvalue weighted by Crippen LogP contribution is 2.29. The van der Waals surface area contributed by atoms with Crippen LogP contribution in [0.4, 0.5) is 0 Å². The number of ether oxygens (including phenoxy) is 1. The van der Waals surface area contributed by atoms with Crippen molar-refractivity contribution in [1.82, 2.24) is 9.13 Å². The van der Waals surface area contributed by atoms with Crippen LogP contribution in [0.15, 0.2) is 14.6 Å². The number of rotatable bonds is 4. The van der Waals surface area contributed by atoms with Crippen LogP contribution in [-0.4, -0.2) is 78.4 Å². The van der Waals surface area contributed by atoms with Crippen molar-refractivity contribution in [2.75, 3.05) is 12.9 Å². The molecule has 0 spiro atoms. The zero-order chi connectivity index (χ0) is 18.9. The third-order valence-electron chi connectivity index (χ3n) is 4.12. The molecule has 2 rings (SSSR count). The van der Waals surface area contributed by atoms with Crippen molar-refractivity contribution in [3.8, 4) is 5.88 Å². The van der Waals surface area contributed by atoms with Crippen LogP contribution in [0.5, 0.6) is 5.88 Å². The summed E-state index contributed by atoms with van der Waals surface area (Å²) in [5.41, 5.74) is -2.34. The highest BCUT2D eigenvalue weighted by atomic mass is 32.2. The first-order valence-electron chi connectivity index (χ1n) is 7.42. The van der Waals surface area contributed by atoms with Crippen LogP contribution in [0, 0.1) is 0 Å². The Morgan fingerprint density at radius 3 is 2.44 bits per heavy atom. The van der Waals surface area contributed by atoms with Gasteiger partial charge >= 0.3 is 5.69 Å². The summed E-state index contributed by atoms with van der Waals surface area (Å²) in [6.07, 6.45) is -0.888. The highest BCUT2D eigenvalue weighted by molar-refractivity contribution is 7.99. The third-order valence-corrected chi connectivity index (χ3v) is 4.98. The maximum Gasteiger partial charge on any atom is 0.333 e. The first-order valence-corrected chi connectivity index (χ1v) is 8.70. The van der Waals surface area contributed by atoms with E-state index in [1.165, 1.54) is 25.9 Å². The highest BCUT2D eigenvalue weighted by Gasteiger charge is 2.43. The van der Waals surface area contributed by atoms with Gasteiger partial charge in [-0.25, -0.2) is 4.79 Å².